The number of rotatable bonds is 2. The predicted octanol–water partition coefficient (Wildman–Crippen LogP) is 1.49. The Morgan fingerprint density at radius 3 is 2.81 bits per heavy atom. The molecule has 1 atom stereocenters. The summed E-state index contributed by atoms with van der Waals surface area (Å²) in [6.45, 7) is 2.65. The van der Waals surface area contributed by atoms with Crippen LogP contribution in [-0.2, 0) is 0 Å². The molecule has 2 N–H and O–H groups in total. The molecule has 3 nitrogen and oxygen atoms in total. The normalized spacial score (nSPS) is 20.0. The van der Waals surface area contributed by atoms with Gasteiger partial charge in [-0.15, -0.1) is 12.4 Å². The van der Waals surface area contributed by atoms with Crippen molar-refractivity contribution in [1.82, 2.24) is 10.6 Å². The lowest BCUT2D eigenvalue weighted by molar-refractivity contribution is 0.361. The highest BCUT2D eigenvalue weighted by Gasteiger charge is 2.19. The van der Waals surface area contributed by atoms with E-state index in [0.29, 0.717) is 5.75 Å². The third-order valence-electron chi connectivity index (χ3n) is 2.62. The van der Waals surface area contributed by atoms with Crippen molar-refractivity contribution in [3.05, 3.63) is 29.6 Å². The van der Waals surface area contributed by atoms with Gasteiger partial charge in [0.05, 0.1) is 7.11 Å². The molecule has 1 aliphatic rings. The van der Waals surface area contributed by atoms with E-state index in [1.165, 1.54) is 13.2 Å². The molecule has 0 saturated carbocycles. The van der Waals surface area contributed by atoms with Crippen molar-refractivity contribution in [2.45, 2.75) is 6.04 Å². The third kappa shape index (κ3) is 2.64. The lowest BCUT2D eigenvalue weighted by atomic mass is 10.0. The Morgan fingerprint density at radius 2 is 2.19 bits per heavy atom. The maximum atomic E-state index is 13.4. The molecule has 1 fully saturated rings. The molecule has 2 rings (SSSR count). The van der Waals surface area contributed by atoms with Crippen LogP contribution < -0.4 is 15.4 Å². The Labute approximate surface area is 101 Å². The lowest BCUT2D eigenvalue weighted by Crippen LogP contribution is -2.42. The van der Waals surface area contributed by atoms with E-state index in [-0.39, 0.29) is 24.3 Å². The number of para-hydroxylation sites is 1. The van der Waals surface area contributed by atoms with E-state index >= 15 is 0 Å². The molecule has 0 unspecified atom stereocenters. The Kier molecular flexibility index (Phi) is 4.99. The fraction of sp³-hybridized carbons (Fsp3) is 0.455. The molecule has 1 saturated heterocycles. The molecule has 0 spiro atoms. The van der Waals surface area contributed by atoms with Gasteiger partial charge in [0.15, 0.2) is 11.6 Å². The minimum atomic E-state index is -0.303. The van der Waals surface area contributed by atoms with Crippen LogP contribution in [0.1, 0.15) is 11.6 Å². The number of hydrogen-bond acceptors (Lipinski definition) is 3. The second kappa shape index (κ2) is 6.03. The van der Waals surface area contributed by atoms with Gasteiger partial charge in [0.25, 0.3) is 0 Å². The van der Waals surface area contributed by atoms with E-state index in [1.54, 1.807) is 6.07 Å². The molecule has 90 valence electrons. The summed E-state index contributed by atoms with van der Waals surface area (Å²) in [5, 5.41) is 6.59. The zero-order chi connectivity index (χ0) is 10.7. The average molecular weight is 247 g/mol. The SMILES string of the molecule is COc1c(F)cccc1[C@@H]1CNCCN1.Cl. The van der Waals surface area contributed by atoms with Gasteiger partial charge in [0.2, 0.25) is 0 Å². The number of halogens is 2. The Bertz CT molecular complexity index is 343. The van der Waals surface area contributed by atoms with E-state index in [1.807, 2.05) is 6.07 Å². The van der Waals surface area contributed by atoms with Crippen LogP contribution in [0.15, 0.2) is 18.2 Å². The highest BCUT2D eigenvalue weighted by atomic mass is 35.5. The van der Waals surface area contributed by atoms with Crippen LogP contribution in [-0.4, -0.2) is 26.7 Å². The quantitative estimate of drug-likeness (QED) is 0.830. The zero-order valence-electron chi connectivity index (χ0n) is 9.13. The van der Waals surface area contributed by atoms with E-state index in [2.05, 4.69) is 10.6 Å². The van der Waals surface area contributed by atoms with Crippen molar-refractivity contribution in [2.24, 2.45) is 0 Å². The maximum Gasteiger partial charge on any atom is 0.165 e. The summed E-state index contributed by atoms with van der Waals surface area (Å²) < 4.78 is 18.5. The van der Waals surface area contributed by atoms with Gasteiger partial charge in [-0.25, -0.2) is 4.39 Å². The number of ether oxygens (including phenoxy) is 1. The van der Waals surface area contributed by atoms with Gasteiger partial charge in [-0.2, -0.15) is 0 Å². The van der Waals surface area contributed by atoms with E-state index < -0.39 is 0 Å². The molecule has 5 heteroatoms. The summed E-state index contributed by atoms with van der Waals surface area (Å²) in [5.74, 6) is 0.0427. The van der Waals surface area contributed by atoms with Crippen molar-refractivity contribution >= 4 is 12.4 Å². The summed E-state index contributed by atoms with van der Waals surface area (Å²) in [6, 6.07) is 5.15. The molecule has 0 radical (unpaired) electrons. The van der Waals surface area contributed by atoms with Gasteiger partial charge in [0.1, 0.15) is 0 Å². The van der Waals surface area contributed by atoms with Gasteiger partial charge < -0.3 is 15.4 Å². The molecule has 0 bridgehead atoms. The van der Waals surface area contributed by atoms with Crippen LogP contribution in [0.4, 0.5) is 4.39 Å². The molecule has 16 heavy (non-hydrogen) atoms. The largest absolute Gasteiger partial charge is 0.493 e. The topological polar surface area (TPSA) is 33.3 Å². The smallest absolute Gasteiger partial charge is 0.165 e. The number of hydrogen-bond donors (Lipinski definition) is 2. The molecule has 1 aliphatic heterocycles. The minimum absolute atomic E-state index is 0. The summed E-state index contributed by atoms with van der Waals surface area (Å²) in [4.78, 5) is 0. The molecule has 1 heterocycles. The highest BCUT2D eigenvalue weighted by molar-refractivity contribution is 5.85. The van der Waals surface area contributed by atoms with Crippen molar-refractivity contribution in [3.63, 3.8) is 0 Å². The number of nitrogens with one attached hydrogen (secondary N) is 2. The predicted molar refractivity (Wildman–Crippen MR) is 63.8 cm³/mol. The van der Waals surface area contributed by atoms with Gasteiger partial charge in [0, 0.05) is 31.2 Å². The van der Waals surface area contributed by atoms with Crippen molar-refractivity contribution in [3.8, 4) is 5.75 Å². The standard InChI is InChI=1S/C11H15FN2O.ClH/c1-15-11-8(3-2-4-9(11)12)10-7-13-5-6-14-10;/h2-4,10,13-14H,5-7H2,1H3;1H/t10-;/m0./s1. The third-order valence-corrected chi connectivity index (χ3v) is 2.62. The van der Waals surface area contributed by atoms with Crippen LogP contribution in [0.5, 0.6) is 5.75 Å². The number of piperazine rings is 1. The number of methoxy groups -OCH3 is 1. The number of benzene rings is 1. The molecule has 0 aromatic heterocycles. The van der Waals surface area contributed by atoms with E-state index in [4.69, 9.17) is 4.74 Å². The minimum Gasteiger partial charge on any atom is -0.493 e. The summed E-state index contributed by atoms with van der Waals surface area (Å²) in [7, 11) is 1.50. The summed E-state index contributed by atoms with van der Waals surface area (Å²) in [5.41, 5.74) is 0.879. The summed E-state index contributed by atoms with van der Waals surface area (Å²) >= 11 is 0. The average Bonchev–Trinajstić information content (AvgIpc) is 2.30. The van der Waals surface area contributed by atoms with Crippen molar-refractivity contribution in [1.29, 1.82) is 0 Å². The molecule has 1 aromatic rings. The summed E-state index contributed by atoms with van der Waals surface area (Å²) in [6.07, 6.45) is 0. The molecular formula is C11H16ClFN2O. The van der Waals surface area contributed by atoms with E-state index in [9.17, 15) is 4.39 Å². The zero-order valence-corrected chi connectivity index (χ0v) is 9.94. The highest BCUT2D eigenvalue weighted by Crippen LogP contribution is 2.28. The lowest BCUT2D eigenvalue weighted by Gasteiger charge is -2.26. The van der Waals surface area contributed by atoms with E-state index in [0.717, 1.165) is 25.2 Å². The second-order valence-corrected chi connectivity index (χ2v) is 3.57. The second-order valence-electron chi connectivity index (χ2n) is 3.57. The fourth-order valence-electron chi connectivity index (χ4n) is 1.89. The fourth-order valence-corrected chi connectivity index (χ4v) is 1.89. The Hall–Kier alpha value is -0.840. The molecule has 1 aromatic carbocycles. The first-order valence-electron chi connectivity index (χ1n) is 5.09. The molecule has 0 aliphatic carbocycles. The van der Waals surface area contributed by atoms with Gasteiger partial charge in [-0.1, -0.05) is 12.1 Å². The molecule has 0 amide bonds. The van der Waals surface area contributed by atoms with Gasteiger partial charge in [-0.3, -0.25) is 0 Å². The van der Waals surface area contributed by atoms with Crippen LogP contribution >= 0.6 is 12.4 Å². The Balaban J connectivity index is 0.00000128. The Morgan fingerprint density at radius 1 is 1.38 bits per heavy atom. The molecular weight excluding hydrogens is 231 g/mol. The van der Waals surface area contributed by atoms with Gasteiger partial charge >= 0.3 is 0 Å². The monoisotopic (exact) mass is 246 g/mol. The van der Waals surface area contributed by atoms with Crippen molar-refractivity contribution < 1.29 is 9.13 Å². The van der Waals surface area contributed by atoms with Gasteiger partial charge in [-0.05, 0) is 6.07 Å². The first-order valence-corrected chi connectivity index (χ1v) is 5.09. The van der Waals surface area contributed by atoms with Crippen LogP contribution in [0.2, 0.25) is 0 Å². The first-order chi connectivity index (χ1) is 7.33. The van der Waals surface area contributed by atoms with Crippen LogP contribution in [0.3, 0.4) is 0 Å². The van der Waals surface area contributed by atoms with Crippen LogP contribution in [0, 0.1) is 5.82 Å². The first kappa shape index (κ1) is 13.2. The maximum absolute atomic E-state index is 13.4. The van der Waals surface area contributed by atoms with Crippen molar-refractivity contribution in [2.75, 3.05) is 26.7 Å². The van der Waals surface area contributed by atoms with Crippen LogP contribution in [0.25, 0.3) is 0 Å².